The number of benzene rings is 1. The number of rotatable bonds is 3. The van der Waals surface area contributed by atoms with Gasteiger partial charge in [-0.2, -0.15) is 9.84 Å². The molecule has 3 aliphatic heterocycles. The molecule has 1 aromatic carbocycles. The summed E-state index contributed by atoms with van der Waals surface area (Å²) in [6.07, 6.45) is 1.60. The average molecular weight is 365 g/mol. The fourth-order valence-electron chi connectivity index (χ4n) is 4.11. The highest BCUT2D eigenvalue weighted by atomic mass is 32.2. The zero-order chi connectivity index (χ0) is 17.6. The molecular weight excluding hydrogens is 342 g/mol. The lowest BCUT2D eigenvalue weighted by Crippen LogP contribution is -2.59. The normalized spacial score (nSPS) is 30.0. The molecule has 0 radical (unpaired) electrons. The largest absolute Gasteiger partial charge is 0.338 e. The van der Waals surface area contributed by atoms with Crippen LogP contribution in [0.3, 0.4) is 0 Å². The zero-order valence-corrected chi connectivity index (χ0v) is 14.9. The molecule has 0 saturated carbocycles. The van der Waals surface area contributed by atoms with E-state index in [1.54, 1.807) is 21.3 Å². The van der Waals surface area contributed by atoms with Crippen LogP contribution < -0.4 is 16.4 Å². The van der Waals surface area contributed by atoms with Crippen molar-refractivity contribution in [3.05, 3.63) is 29.8 Å². The van der Waals surface area contributed by atoms with Gasteiger partial charge in [0, 0.05) is 31.7 Å². The van der Waals surface area contributed by atoms with Crippen LogP contribution in [0.4, 0.5) is 0 Å². The zero-order valence-electron chi connectivity index (χ0n) is 14.1. The molecule has 3 aliphatic rings. The molecule has 0 aliphatic carbocycles. The topological polar surface area (TPSA) is 93.8 Å². The maximum atomic E-state index is 13.2. The molecule has 3 atom stereocenters. The van der Waals surface area contributed by atoms with Crippen molar-refractivity contribution in [2.75, 3.05) is 19.6 Å². The van der Waals surface area contributed by atoms with E-state index < -0.39 is 10.0 Å². The second kappa shape index (κ2) is 6.33. The number of carbonyl (C=O) groups is 1. The number of hydrogen-bond acceptors (Lipinski definition) is 6. The Balaban J connectivity index is 1.56. The van der Waals surface area contributed by atoms with Crippen LogP contribution >= 0.6 is 0 Å². The number of hydrazine groups is 2. The predicted octanol–water partition coefficient (Wildman–Crippen LogP) is -0.660. The average Bonchev–Trinajstić information content (AvgIpc) is 3.21. The molecule has 4 rings (SSSR count). The Labute approximate surface area is 147 Å². The van der Waals surface area contributed by atoms with Gasteiger partial charge in [0.25, 0.3) is 0 Å². The van der Waals surface area contributed by atoms with Crippen LogP contribution in [0.2, 0.25) is 0 Å². The van der Waals surface area contributed by atoms with E-state index in [-0.39, 0.29) is 24.0 Å². The lowest BCUT2D eigenvalue weighted by Gasteiger charge is -2.40. The number of hydrogen-bond donors (Lipinski definition) is 3. The monoisotopic (exact) mass is 365 g/mol. The summed E-state index contributed by atoms with van der Waals surface area (Å²) >= 11 is 0. The Kier molecular flexibility index (Phi) is 4.28. The van der Waals surface area contributed by atoms with E-state index in [4.69, 9.17) is 0 Å². The SMILES string of the molecule is Cc1ccccc1S(=O)(=O)N1C2CCC1CN(C(=O)C1CNNN1)C2. The van der Waals surface area contributed by atoms with Gasteiger partial charge >= 0.3 is 0 Å². The molecular formula is C16H23N5O3S. The van der Waals surface area contributed by atoms with Crippen molar-refractivity contribution in [3.8, 4) is 0 Å². The van der Waals surface area contributed by atoms with E-state index in [0.29, 0.717) is 24.5 Å². The van der Waals surface area contributed by atoms with Gasteiger partial charge in [-0.25, -0.2) is 19.3 Å². The van der Waals surface area contributed by atoms with Crippen molar-refractivity contribution in [2.24, 2.45) is 0 Å². The number of amides is 1. The van der Waals surface area contributed by atoms with Gasteiger partial charge in [0.2, 0.25) is 15.9 Å². The number of fused-ring (bicyclic) bond motifs is 2. The van der Waals surface area contributed by atoms with E-state index in [1.807, 2.05) is 19.1 Å². The van der Waals surface area contributed by atoms with Crippen molar-refractivity contribution in [3.63, 3.8) is 0 Å². The summed E-state index contributed by atoms with van der Waals surface area (Å²) in [5.41, 5.74) is 9.27. The number of nitrogens with zero attached hydrogens (tertiary/aromatic N) is 2. The number of sulfonamides is 1. The Morgan fingerprint density at radius 2 is 1.84 bits per heavy atom. The van der Waals surface area contributed by atoms with E-state index >= 15 is 0 Å². The Morgan fingerprint density at radius 3 is 2.44 bits per heavy atom. The highest BCUT2D eigenvalue weighted by Crippen LogP contribution is 2.36. The Hall–Kier alpha value is -1.52. The number of nitrogens with one attached hydrogen (secondary N) is 3. The summed E-state index contributed by atoms with van der Waals surface area (Å²) in [7, 11) is -3.54. The molecule has 25 heavy (non-hydrogen) atoms. The fraction of sp³-hybridized carbons (Fsp3) is 0.562. The second-order valence-electron chi connectivity index (χ2n) is 6.93. The number of likely N-dealkylation sites (tertiary alicyclic amines) is 1. The van der Waals surface area contributed by atoms with Crippen LogP contribution in [0.25, 0.3) is 0 Å². The van der Waals surface area contributed by atoms with Gasteiger partial charge in [-0.3, -0.25) is 4.79 Å². The van der Waals surface area contributed by atoms with Crippen LogP contribution in [0, 0.1) is 6.92 Å². The minimum atomic E-state index is -3.54. The third kappa shape index (κ3) is 2.85. The predicted molar refractivity (Wildman–Crippen MR) is 91.7 cm³/mol. The molecule has 2 bridgehead atoms. The molecule has 3 N–H and O–H groups in total. The molecule has 3 fully saturated rings. The first-order chi connectivity index (χ1) is 12.0. The van der Waals surface area contributed by atoms with Crippen molar-refractivity contribution < 1.29 is 13.2 Å². The molecule has 9 heteroatoms. The molecule has 0 spiro atoms. The summed E-state index contributed by atoms with van der Waals surface area (Å²) in [4.78, 5) is 14.8. The van der Waals surface area contributed by atoms with Crippen LogP contribution in [0.5, 0.6) is 0 Å². The summed E-state index contributed by atoms with van der Waals surface area (Å²) < 4.78 is 28.0. The van der Waals surface area contributed by atoms with Gasteiger partial charge in [-0.15, -0.1) is 0 Å². The summed E-state index contributed by atoms with van der Waals surface area (Å²) in [6, 6.07) is 6.49. The van der Waals surface area contributed by atoms with Crippen LogP contribution in [0.1, 0.15) is 18.4 Å². The van der Waals surface area contributed by atoms with Gasteiger partial charge in [0.1, 0.15) is 6.04 Å². The third-order valence-corrected chi connectivity index (χ3v) is 7.48. The van der Waals surface area contributed by atoms with Gasteiger partial charge < -0.3 is 4.90 Å². The summed E-state index contributed by atoms with van der Waals surface area (Å²) in [5, 5.41) is 0. The van der Waals surface area contributed by atoms with Crippen LogP contribution in [-0.4, -0.2) is 61.3 Å². The maximum Gasteiger partial charge on any atom is 0.243 e. The Morgan fingerprint density at radius 1 is 1.16 bits per heavy atom. The second-order valence-corrected chi connectivity index (χ2v) is 8.74. The fourth-order valence-corrected chi connectivity index (χ4v) is 6.19. The van der Waals surface area contributed by atoms with Crippen molar-refractivity contribution in [2.45, 2.75) is 42.8 Å². The molecule has 3 heterocycles. The lowest BCUT2D eigenvalue weighted by atomic mass is 10.2. The first-order valence-corrected chi connectivity index (χ1v) is 10.0. The third-order valence-electron chi connectivity index (χ3n) is 5.31. The number of carbonyl (C=O) groups excluding carboxylic acids is 1. The van der Waals surface area contributed by atoms with E-state index in [0.717, 1.165) is 18.4 Å². The highest BCUT2D eigenvalue weighted by molar-refractivity contribution is 7.89. The lowest BCUT2D eigenvalue weighted by molar-refractivity contribution is -0.135. The highest BCUT2D eigenvalue weighted by Gasteiger charge is 2.48. The van der Waals surface area contributed by atoms with Gasteiger partial charge in [-0.1, -0.05) is 18.2 Å². The van der Waals surface area contributed by atoms with Gasteiger partial charge in [0.05, 0.1) is 4.90 Å². The van der Waals surface area contributed by atoms with Crippen molar-refractivity contribution >= 4 is 15.9 Å². The molecule has 3 saturated heterocycles. The van der Waals surface area contributed by atoms with Gasteiger partial charge in [-0.05, 0) is 31.4 Å². The number of piperazine rings is 1. The minimum absolute atomic E-state index is 0.0161. The van der Waals surface area contributed by atoms with Gasteiger partial charge in [0.15, 0.2) is 0 Å². The maximum absolute atomic E-state index is 13.2. The standard InChI is InChI=1S/C16H23N5O3S/c1-11-4-2-3-5-15(11)25(23,24)21-12-6-7-13(21)10-20(9-12)16(22)14-8-17-19-18-14/h2-5,12-14,17-19H,6-10H2,1H3. The molecule has 0 aromatic heterocycles. The van der Waals surface area contributed by atoms with E-state index in [9.17, 15) is 13.2 Å². The molecule has 3 unspecified atom stereocenters. The first kappa shape index (κ1) is 16.9. The van der Waals surface area contributed by atoms with Crippen LogP contribution in [-0.2, 0) is 14.8 Å². The molecule has 8 nitrogen and oxygen atoms in total. The smallest absolute Gasteiger partial charge is 0.243 e. The molecule has 1 aromatic rings. The van der Waals surface area contributed by atoms with Crippen LogP contribution in [0.15, 0.2) is 29.2 Å². The van der Waals surface area contributed by atoms with E-state index in [1.165, 1.54) is 0 Å². The summed E-state index contributed by atoms with van der Waals surface area (Å²) in [6.45, 7) is 3.26. The molecule has 136 valence electrons. The summed E-state index contributed by atoms with van der Waals surface area (Å²) in [5.74, 6) is 0.0161. The molecule has 1 amide bonds. The van der Waals surface area contributed by atoms with Crippen molar-refractivity contribution in [1.82, 2.24) is 25.6 Å². The Bertz CT molecular complexity index is 764. The first-order valence-electron chi connectivity index (χ1n) is 8.60. The van der Waals surface area contributed by atoms with E-state index in [2.05, 4.69) is 16.4 Å². The number of aryl methyl sites for hydroxylation is 1. The quantitative estimate of drug-likeness (QED) is 0.659. The van der Waals surface area contributed by atoms with Crippen molar-refractivity contribution in [1.29, 1.82) is 0 Å². The minimum Gasteiger partial charge on any atom is -0.338 e.